The third-order valence-electron chi connectivity index (χ3n) is 2.76. The average molecular weight is 181 g/mol. The highest BCUT2D eigenvalue weighted by Crippen LogP contribution is 2.22. The highest BCUT2D eigenvalue weighted by atomic mass is 16.2. The van der Waals surface area contributed by atoms with E-state index in [1.165, 1.54) is 6.42 Å². The number of amides is 1. The van der Waals surface area contributed by atoms with Gasteiger partial charge in [0.15, 0.2) is 0 Å². The standard InChI is InChI=1S/C11H19NO/c1-4-6-11(13)12-9(2)7-5-8-10(12)3/h4,6,9-10H,5,7-8H2,1-3H3/b6-4+. The fourth-order valence-electron chi connectivity index (χ4n) is 2.08. The van der Waals surface area contributed by atoms with Crippen molar-refractivity contribution in [3.63, 3.8) is 0 Å². The van der Waals surface area contributed by atoms with E-state index in [0.29, 0.717) is 12.1 Å². The summed E-state index contributed by atoms with van der Waals surface area (Å²) in [7, 11) is 0. The summed E-state index contributed by atoms with van der Waals surface area (Å²) in [5, 5.41) is 0. The molecule has 0 saturated carbocycles. The molecule has 74 valence electrons. The normalized spacial score (nSPS) is 29.6. The van der Waals surface area contributed by atoms with Gasteiger partial charge >= 0.3 is 0 Å². The minimum Gasteiger partial charge on any atom is -0.334 e. The van der Waals surface area contributed by atoms with E-state index in [1.807, 2.05) is 17.9 Å². The van der Waals surface area contributed by atoms with Crippen molar-refractivity contribution in [1.82, 2.24) is 4.90 Å². The Kier molecular flexibility index (Phi) is 3.52. The van der Waals surface area contributed by atoms with Crippen molar-refractivity contribution in [2.45, 2.75) is 52.1 Å². The molecule has 1 rings (SSSR count). The molecule has 13 heavy (non-hydrogen) atoms. The number of hydrogen-bond acceptors (Lipinski definition) is 1. The monoisotopic (exact) mass is 181 g/mol. The van der Waals surface area contributed by atoms with Crippen LogP contribution in [0.2, 0.25) is 0 Å². The first-order chi connectivity index (χ1) is 6.16. The zero-order valence-corrected chi connectivity index (χ0v) is 8.79. The van der Waals surface area contributed by atoms with Crippen molar-refractivity contribution in [2.75, 3.05) is 0 Å². The lowest BCUT2D eigenvalue weighted by Crippen LogP contribution is -2.46. The van der Waals surface area contributed by atoms with Crippen LogP contribution in [0.1, 0.15) is 40.0 Å². The molecule has 0 radical (unpaired) electrons. The van der Waals surface area contributed by atoms with E-state index in [4.69, 9.17) is 0 Å². The van der Waals surface area contributed by atoms with Crippen LogP contribution in [0, 0.1) is 0 Å². The van der Waals surface area contributed by atoms with Gasteiger partial charge in [0.25, 0.3) is 0 Å². The summed E-state index contributed by atoms with van der Waals surface area (Å²) < 4.78 is 0. The van der Waals surface area contributed by atoms with Crippen molar-refractivity contribution in [1.29, 1.82) is 0 Å². The van der Waals surface area contributed by atoms with Gasteiger partial charge in [-0.15, -0.1) is 0 Å². The summed E-state index contributed by atoms with van der Waals surface area (Å²) in [6.45, 7) is 6.16. The van der Waals surface area contributed by atoms with Crippen LogP contribution < -0.4 is 0 Å². The van der Waals surface area contributed by atoms with Gasteiger partial charge in [-0.3, -0.25) is 4.79 Å². The molecule has 2 atom stereocenters. The number of carbonyl (C=O) groups excluding carboxylic acids is 1. The number of allylic oxidation sites excluding steroid dienone is 1. The Morgan fingerprint density at radius 1 is 1.31 bits per heavy atom. The summed E-state index contributed by atoms with van der Waals surface area (Å²) >= 11 is 0. The summed E-state index contributed by atoms with van der Waals surface area (Å²) in [6.07, 6.45) is 7.03. The zero-order chi connectivity index (χ0) is 9.84. The van der Waals surface area contributed by atoms with E-state index in [-0.39, 0.29) is 5.91 Å². The molecule has 1 aliphatic rings. The fourth-order valence-corrected chi connectivity index (χ4v) is 2.08. The van der Waals surface area contributed by atoms with Crippen molar-refractivity contribution in [2.24, 2.45) is 0 Å². The number of piperidine rings is 1. The van der Waals surface area contributed by atoms with Gasteiger partial charge in [0.05, 0.1) is 0 Å². The number of nitrogens with zero attached hydrogens (tertiary/aromatic N) is 1. The van der Waals surface area contributed by atoms with Gasteiger partial charge in [-0.1, -0.05) is 6.08 Å². The maximum Gasteiger partial charge on any atom is 0.246 e. The maximum absolute atomic E-state index is 11.7. The van der Waals surface area contributed by atoms with Crippen molar-refractivity contribution in [3.05, 3.63) is 12.2 Å². The fraction of sp³-hybridized carbons (Fsp3) is 0.727. The summed E-state index contributed by atoms with van der Waals surface area (Å²) in [4.78, 5) is 13.7. The van der Waals surface area contributed by atoms with Crippen LogP contribution in [0.3, 0.4) is 0 Å². The number of hydrogen-bond donors (Lipinski definition) is 0. The molecule has 1 fully saturated rings. The maximum atomic E-state index is 11.7. The van der Waals surface area contributed by atoms with Gasteiger partial charge in [-0.2, -0.15) is 0 Å². The summed E-state index contributed by atoms with van der Waals surface area (Å²) in [6, 6.07) is 0.819. The molecule has 1 aliphatic heterocycles. The van der Waals surface area contributed by atoms with E-state index in [1.54, 1.807) is 6.08 Å². The minimum absolute atomic E-state index is 0.169. The van der Waals surface area contributed by atoms with E-state index in [2.05, 4.69) is 13.8 Å². The van der Waals surface area contributed by atoms with E-state index >= 15 is 0 Å². The smallest absolute Gasteiger partial charge is 0.246 e. The van der Waals surface area contributed by atoms with E-state index < -0.39 is 0 Å². The second-order valence-corrected chi connectivity index (χ2v) is 3.87. The lowest BCUT2D eigenvalue weighted by Gasteiger charge is -2.38. The molecule has 1 saturated heterocycles. The van der Waals surface area contributed by atoms with Crippen LogP contribution in [0.5, 0.6) is 0 Å². The van der Waals surface area contributed by atoms with E-state index in [9.17, 15) is 4.79 Å². The number of likely N-dealkylation sites (tertiary alicyclic amines) is 1. The van der Waals surface area contributed by atoms with Crippen LogP contribution in [0.4, 0.5) is 0 Å². The molecule has 0 aromatic carbocycles. The highest BCUT2D eigenvalue weighted by molar-refractivity contribution is 5.88. The first-order valence-corrected chi connectivity index (χ1v) is 5.11. The highest BCUT2D eigenvalue weighted by Gasteiger charge is 2.26. The van der Waals surface area contributed by atoms with Crippen molar-refractivity contribution in [3.8, 4) is 0 Å². The van der Waals surface area contributed by atoms with Crippen LogP contribution >= 0.6 is 0 Å². The van der Waals surface area contributed by atoms with Crippen LogP contribution in [-0.4, -0.2) is 22.9 Å². The molecule has 0 bridgehead atoms. The van der Waals surface area contributed by atoms with Crippen LogP contribution in [0.25, 0.3) is 0 Å². The minimum atomic E-state index is 0.169. The van der Waals surface area contributed by atoms with Crippen molar-refractivity contribution < 1.29 is 4.79 Å². The molecule has 2 nitrogen and oxygen atoms in total. The SMILES string of the molecule is C/C=C/C(=O)N1C(C)CCCC1C. The quantitative estimate of drug-likeness (QED) is 0.569. The van der Waals surface area contributed by atoms with Gasteiger partial charge in [-0.05, 0) is 46.1 Å². The zero-order valence-electron chi connectivity index (χ0n) is 8.79. The Morgan fingerprint density at radius 3 is 2.31 bits per heavy atom. The largest absolute Gasteiger partial charge is 0.334 e. The first kappa shape index (κ1) is 10.3. The first-order valence-electron chi connectivity index (χ1n) is 5.11. The molecular weight excluding hydrogens is 162 g/mol. The Hall–Kier alpha value is -0.790. The number of rotatable bonds is 1. The summed E-state index contributed by atoms with van der Waals surface area (Å²) in [5.41, 5.74) is 0. The van der Waals surface area contributed by atoms with Gasteiger partial charge in [0, 0.05) is 12.1 Å². The van der Waals surface area contributed by atoms with Crippen molar-refractivity contribution >= 4 is 5.91 Å². The lowest BCUT2D eigenvalue weighted by atomic mass is 9.97. The number of carbonyl (C=O) groups is 1. The predicted octanol–water partition coefficient (Wildman–Crippen LogP) is 2.35. The van der Waals surface area contributed by atoms with E-state index in [0.717, 1.165) is 12.8 Å². The van der Waals surface area contributed by atoms with Crippen LogP contribution in [0.15, 0.2) is 12.2 Å². The second kappa shape index (κ2) is 4.45. The molecular formula is C11H19NO. The third kappa shape index (κ3) is 2.33. The molecule has 2 heteroatoms. The average Bonchev–Trinajstić information content (AvgIpc) is 2.04. The van der Waals surface area contributed by atoms with Gasteiger partial charge in [0.1, 0.15) is 0 Å². The Labute approximate surface area is 80.6 Å². The van der Waals surface area contributed by atoms with Gasteiger partial charge < -0.3 is 4.90 Å². The Morgan fingerprint density at radius 2 is 1.85 bits per heavy atom. The molecule has 1 amide bonds. The van der Waals surface area contributed by atoms with Gasteiger partial charge in [-0.25, -0.2) is 0 Å². The third-order valence-corrected chi connectivity index (χ3v) is 2.76. The van der Waals surface area contributed by atoms with Gasteiger partial charge in [0.2, 0.25) is 5.91 Å². The molecule has 0 aliphatic carbocycles. The molecule has 2 unspecified atom stereocenters. The topological polar surface area (TPSA) is 20.3 Å². The van der Waals surface area contributed by atoms with Crippen LogP contribution in [-0.2, 0) is 4.79 Å². The Bertz CT molecular complexity index is 200. The predicted molar refractivity (Wildman–Crippen MR) is 54.4 cm³/mol. The molecule has 0 aromatic rings. The molecule has 0 spiro atoms. The molecule has 0 aromatic heterocycles. The lowest BCUT2D eigenvalue weighted by molar-refractivity contribution is -0.131. The Balaban J connectivity index is 2.68. The molecule has 0 N–H and O–H groups in total. The molecule has 1 heterocycles. The summed E-state index contributed by atoms with van der Waals surface area (Å²) in [5.74, 6) is 0.169. The second-order valence-electron chi connectivity index (χ2n) is 3.87.